The van der Waals surface area contributed by atoms with Gasteiger partial charge in [-0.25, -0.2) is 0 Å². The van der Waals surface area contributed by atoms with Crippen LogP contribution in [0.3, 0.4) is 0 Å². The van der Waals surface area contributed by atoms with E-state index in [-0.39, 0.29) is 0 Å². The fourth-order valence-electron chi connectivity index (χ4n) is 1.41. The molecular weight excluding hydrogens is 210 g/mol. The van der Waals surface area contributed by atoms with Gasteiger partial charge >= 0.3 is 0 Å². The summed E-state index contributed by atoms with van der Waals surface area (Å²) in [6.07, 6.45) is 1.40. The zero-order chi connectivity index (χ0) is 10.7. The zero-order valence-corrected chi connectivity index (χ0v) is 8.98. The van der Waals surface area contributed by atoms with E-state index >= 15 is 0 Å². The lowest BCUT2D eigenvalue weighted by atomic mass is 10.1. The number of hydrogen-bond acceptors (Lipinski definition) is 4. The van der Waals surface area contributed by atoms with Gasteiger partial charge in [-0.1, -0.05) is 28.0 Å². The molecule has 0 spiro atoms. The highest BCUT2D eigenvalue weighted by Crippen LogP contribution is 2.20. The van der Waals surface area contributed by atoms with E-state index in [1.807, 2.05) is 37.4 Å². The molecule has 0 amide bonds. The van der Waals surface area contributed by atoms with Crippen LogP contribution in [0.1, 0.15) is 4.88 Å². The third-order valence-electron chi connectivity index (χ3n) is 2.04. The van der Waals surface area contributed by atoms with E-state index in [4.69, 9.17) is 5.21 Å². The summed E-state index contributed by atoms with van der Waals surface area (Å²) in [6, 6.07) is 9.89. The molecule has 0 atom stereocenters. The Morgan fingerprint density at radius 1 is 1.40 bits per heavy atom. The van der Waals surface area contributed by atoms with Gasteiger partial charge in [-0.05, 0) is 12.1 Å². The van der Waals surface area contributed by atoms with Crippen LogP contribution in [-0.2, 0) is 7.05 Å². The number of hydrogen-bond donors (Lipinski definition) is 1. The number of aromatic nitrogens is 2. The first kappa shape index (κ1) is 9.79. The zero-order valence-electron chi connectivity index (χ0n) is 8.16. The molecule has 0 unspecified atom stereocenters. The highest BCUT2D eigenvalue weighted by Gasteiger charge is 2.19. The average Bonchev–Trinajstić information content (AvgIpc) is 2.62. The fraction of sp³-hybridized carbons (Fsp3) is 0.100. The Balaban J connectivity index is 2.56. The molecule has 0 aliphatic carbocycles. The van der Waals surface area contributed by atoms with Gasteiger partial charge in [0.1, 0.15) is 4.88 Å². The second kappa shape index (κ2) is 4.18. The maximum Gasteiger partial charge on any atom is 0.260 e. The Labute approximate surface area is 91.3 Å². The molecule has 1 aromatic heterocycles. The largest absolute Gasteiger partial charge is 0.411 e. The molecule has 1 heterocycles. The summed E-state index contributed by atoms with van der Waals surface area (Å²) >= 11 is 1.30. The molecule has 0 aliphatic rings. The molecule has 0 bridgehead atoms. The van der Waals surface area contributed by atoms with Crippen molar-refractivity contribution in [1.82, 2.24) is 4.49 Å². The number of aryl methyl sites for hydroxylation is 1. The summed E-state index contributed by atoms with van der Waals surface area (Å²) in [5, 5.41) is 11.6. The van der Waals surface area contributed by atoms with Gasteiger partial charge in [0.25, 0.3) is 5.69 Å². The van der Waals surface area contributed by atoms with Crippen molar-refractivity contribution in [3.63, 3.8) is 0 Å². The number of benzene rings is 1. The minimum absolute atomic E-state index is 0.839. The highest BCUT2D eigenvalue weighted by molar-refractivity contribution is 7.07. The molecule has 2 aromatic rings. The maximum atomic E-state index is 8.54. The van der Waals surface area contributed by atoms with E-state index in [1.54, 1.807) is 4.68 Å². The molecular formula is C10H10N3OS+. The molecule has 1 N–H and O–H groups in total. The second-order valence-electron chi connectivity index (χ2n) is 3.02. The predicted octanol–water partition coefficient (Wildman–Crippen LogP) is 1.44. The Morgan fingerprint density at radius 2 is 2.13 bits per heavy atom. The van der Waals surface area contributed by atoms with Gasteiger partial charge in [0.05, 0.1) is 16.3 Å². The standard InChI is InChI=1S/C10H9N3OS/c1-13-10(8-5-3-2-4-6-8)9(7-11-14)15-12-13/h2-7H,1H3/p+1. The molecule has 0 saturated heterocycles. The summed E-state index contributed by atoms with van der Waals surface area (Å²) in [7, 11) is 1.87. The Hall–Kier alpha value is -1.75. The van der Waals surface area contributed by atoms with Crippen molar-refractivity contribution in [2.45, 2.75) is 0 Å². The van der Waals surface area contributed by atoms with Crippen molar-refractivity contribution in [1.29, 1.82) is 0 Å². The van der Waals surface area contributed by atoms with Crippen LogP contribution in [0.4, 0.5) is 0 Å². The highest BCUT2D eigenvalue weighted by atomic mass is 32.1. The van der Waals surface area contributed by atoms with Gasteiger partial charge in [-0.2, -0.15) is 0 Å². The van der Waals surface area contributed by atoms with Gasteiger partial charge in [0, 0.05) is 11.5 Å². The third-order valence-corrected chi connectivity index (χ3v) is 2.86. The normalized spacial score (nSPS) is 11.0. The summed E-state index contributed by atoms with van der Waals surface area (Å²) in [4.78, 5) is 0.839. The summed E-state index contributed by atoms with van der Waals surface area (Å²) in [5.74, 6) is 0. The lowest BCUT2D eigenvalue weighted by Crippen LogP contribution is -2.31. The van der Waals surface area contributed by atoms with Crippen molar-refractivity contribution >= 4 is 17.7 Å². The van der Waals surface area contributed by atoms with Gasteiger partial charge < -0.3 is 5.21 Å². The summed E-state index contributed by atoms with van der Waals surface area (Å²) in [5.41, 5.74) is 2.02. The molecule has 76 valence electrons. The molecule has 1 aromatic carbocycles. The van der Waals surface area contributed by atoms with E-state index in [2.05, 4.69) is 9.64 Å². The summed E-state index contributed by atoms with van der Waals surface area (Å²) < 4.78 is 5.94. The first-order valence-electron chi connectivity index (χ1n) is 4.42. The summed E-state index contributed by atoms with van der Waals surface area (Å²) in [6.45, 7) is 0. The molecule has 0 aliphatic heterocycles. The van der Waals surface area contributed by atoms with Crippen molar-refractivity contribution in [2.75, 3.05) is 0 Å². The Morgan fingerprint density at radius 3 is 2.80 bits per heavy atom. The third kappa shape index (κ3) is 1.87. The van der Waals surface area contributed by atoms with Crippen LogP contribution in [0, 0.1) is 0 Å². The molecule has 4 nitrogen and oxygen atoms in total. The average molecular weight is 220 g/mol. The second-order valence-corrected chi connectivity index (χ2v) is 3.81. The topological polar surface area (TPSA) is 49.4 Å². The monoisotopic (exact) mass is 220 g/mol. The van der Waals surface area contributed by atoms with Crippen LogP contribution < -0.4 is 4.68 Å². The molecule has 0 saturated carbocycles. The molecule has 0 radical (unpaired) electrons. The molecule has 15 heavy (non-hydrogen) atoms. The lowest BCUT2D eigenvalue weighted by Gasteiger charge is -1.93. The van der Waals surface area contributed by atoms with Gasteiger partial charge in [-0.3, -0.25) is 0 Å². The lowest BCUT2D eigenvalue weighted by molar-refractivity contribution is -0.712. The Bertz CT molecular complexity index is 479. The van der Waals surface area contributed by atoms with Crippen molar-refractivity contribution < 1.29 is 9.89 Å². The van der Waals surface area contributed by atoms with Crippen molar-refractivity contribution in [2.24, 2.45) is 12.2 Å². The van der Waals surface area contributed by atoms with Crippen molar-refractivity contribution in [3.8, 4) is 11.3 Å². The van der Waals surface area contributed by atoms with Crippen LogP contribution in [-0.4, -0.2) is 15.9 Å². The van der Waals surface area contributed by atoms with Gasteiger partial charge in [0.2, 0.25) is 0 Å². The molecule has 2 rings (SSSR count). The number of nitrogens with zero attached hydrogens (tertiary/aromatic N) is 3. The smallest absolute Gasteiger partial charge is 0.260 e. The first-order valence-corrected chi connectivity index (χ1v) is 5.19. The van der Waals surface area contributed by atoms with Gasteiger partial charge in [-0.15, -0.1) is 0 Å². The quantitative estimate of drug-likeness (QED) is 0.360. The number of oxime groups is 1. The first-order chi connectivity index (χ1) is 7.33. The Kier molecular flexibility index (Phi) is 2.73. The maximum absolute atomic E-state index is 8.54. The van der Waals surface area contributed by atoms with Crippen LogP contribution >= 0.6 is 11.5 Å². The SMILES string of the molecule is C[n+]1nsc(C=NO)c1-c1ccccc1. The minimum Gasteiger partial charge on any atom is -0.411 e. The van der Waals surface area contributed by atoms with E-state index in [1.165, 1.54) is 17.7 Å². The minimum atomic E-state index is 0.839. The van der Waals surface area contributed by atoms with Crippen LogP contribution in [0.2, 0.25) is 0 Å². The van der Waals surface area contributed by atoms with E-state index < -0.39 is 0 Å². The van der Waals surface area contributed by atoms with Gasteiger partial charge in [0.15, 0.2) is 7.05 Å². The van der Waals surface area contributed by atoms with Crippen molar-refractivity contribution in [3.05, 3.63) is 35.2 Å². The molecule has 5 heteroatoms. The van der Waals surface area contributed by atoms with Crippen LogP contribution in [0.15, 0.2) is 35.5 Å². The van der Waals surface area contributed by atoms with Crippen LogP contribution in [0.5, 0.6) is 0 Å². The number of rotatable bonds is 2. The van der Waals surface area contributed by atoms with E-state index in [9.17, 15) is 0 Å². The predicted molar refractivity (Wildman–Crippen MR) is 58.1 cm³/mol. The van der Waals surface area contributed by atoms with E-state index in [0.717, 1.165) is 16.1 Å². The fourth-order valence-corrected chi connectivity index (χ4v) is 2.13. The van der Waals surface area contributed by atoms with E-state index in [0.29, 0.717) is 0 Å². The van der Waals surface area contributed by atoms with Crippen LogP contribution in [0.25, 0.3) is 11.3 Å². The molecule has 0 fully saturated rings.